The first-order valence-corrected chi connectivity index (χ1v) is 4.16. The van der Waals surface area contributed by atoms with Crippen LogP contribution in [-0.2, 0) is 4.79 Å². The molecule has 0 saturated carbocycles. The van der Waals surface area contributed by atoms with Crippen LogP contribution in [0.2, 0.25) is 0 Å². The second-order valence-corrected chi connectivity index (χ2v) is 3.02. The number of anilines is 1. The van der Waals surface area contributed by atoms with Crippen molar-refractivity contribution in [1.29, 1.82) is 0 Å². The molecule has 1 heterocycles. The largest absolute Gasteiger partial charge is 0.486 e. The minimum absolute atomic E-state index is 0.0141. The SMILES string of the molecule is NC1COc2c(F)cccc2NC1=O. The van der Waals surface area contributed by atoms with Crippen molar-refractivity contribution >= 4 is 11.6 Å². The summed E-state index contributed by atoms with van der Waals surface area (Å²) in [6.45, 7) is -0.0141. The summed E-state index contributed by atoms with van der Waals surface area (Å²) in [6.07, 6.45) is 0. The Hall–Kier alpha value is -1.62. The Morgan fingerprint density at radius 1 is 1.57 bits per heavy atom. The van der Waals surface area contributed by atoms with Gasteiger partial charge in [0.05, 0.1) is 5.69 Å². The number of carbonyl (C=O) groups is 1. The van der Waals surface area contributed by atoms with Crippen LogP contribution >= 0.6 is 0 Å². The fourth-order valence-electron chi connectivity index (χ4n) is 1.23. The summed E-state index contributed by atoms with van der Waals surface area (Å²) in [5.74, 6) is -0.819. The van der Waals surface area contributed by atoms with Gasteiger partial charge in [-0.05, 0) is 12.1 Å². The van der Waals surface area contributed by atoms with E-state index in [1.54, 1.807) is 6.07 Å². The highest BCUT2D eigenvalue weighted by Gasteiger charge is 2.22. The normalized spacial score (nSPS) is 20.4. The molecule has 0 aliphatic carbocycles. The van der Waals surface area contributed by atoms with Gasteiger partial charge in [0.15, 0.2) is 11.6 Å². The molecule has 1 unspecified atom stereocenters. The predicted molar refractivity (Wildman–Crippen MR) is 48.5 cm³/mol. The van der Waals surface area contributed by atoms with Gasteiger partial charge in [-0.1, -0.05) is 6.07 Å². The van der Waals surface area contributed by atoms with E-state index in [-0.39, 0.29) is 18.3 Å². The van der Waals surface area contributed by atoms with Gasteiger partial charge in [-0.15, -0.1) is 0 Å². The van der Waals surface area contributed by atoms with Crippen LogP contribution in [0.5, 0.6) is 5.75 Å². The van der Waals surface area contributed by atoms with Gasteiger partial charge >= 0.3 is 0 Å². The van der Waals surface area contributed by atoms with Crippen LogP contribution in [0.25, 0.3) is 0 Å². The van der Waals surface area contributed by atoms with Gasteiger partial charge in [0, 0.05) is 0 Å². The molecular weight excluding hydrogens is 187 g/mol. The molecule has 4 nitrogen and oxygen atoms in total. The summed E-state index contributed by atoms with van der Waals surface area (Å²) in [5, 5.41) is 2.48. The molecule has 74 valence electrons. The van der Waals surface area contributed by atoms with Gasteiger partial charge in [-0.2, -0.15) is 0 Å². The van der Waals surface area contributed by atoms with Crippen molar-refractivity contribution in [3.8, 4) is 5.75 Å². The Morgan fingerprint density at radius 2 is 2.36 bits per heavy atom. The molecule has 1 amide bonds. The molecule has 1 aromatic carbocycles. The molecule has 1 aromatic rings. The molecule has 14 heavy (non-hydrogen) atoms. The molecule has 0 fully saturated rings. The quantitative estimate of drug-likeness (QED) is 0.634. The second-order valence-electron chi connectivity index (χ2n) is 3.02. The van der Waals surface area contributed by atoms with Crippen LogP contribution in [0.3, 0.4) is 0 Å². The number of halogens is 1. The lowest BCUT2D eigenvalue weighted by atomic mass is 10.2. The third-order valence-electron chi connectivity index (χ3n) is 1.97. The van der Waals surface area contributed by atoms with E-state index in [0.717, 1.165) is 0 Å². The highest BCUT2D eigenvalue weighted by molar-refractivity contribution is 5.96. The Labute approximate surface area is 79.9 Å². The Kier molecular flexibility index (Phi) is 2.09. The molecule has 0 radical (unpaired) electrons. The summed E-state index contributed by atoms with van der Waals surface area (Å²) in [7, 11) is 0. The number of para-hydroxylation sites is 1. The van der Waals surface area contributed by atoms with Gasteiger partial charge in [0.2, 0.25) is 5.91 Å². The number of hydrogen-bond acceptors (Lipinski definition) is 3. The maximum absolute atomic E-state index is 13.2. The fourth-order valence-corrected chi connectivity index (χ4v) is 1.23. The second kappa shape index (κ2) is 3.26. The standard InChI is InChI=1S/C9H9FN2O2/c10-5-2-1-3-7-8(5)14-4-6(11)9(13)12-7/h1-3,6H,4,11H2,(H,12,13). The molecule has 0 aromatic heterocycles. The molecule has 3 N–H and O–H groups in total. The number of benzene rings is 1. The Morgan fingerprint density at radius 3 is 3.14 bits per heavy atom. The first kappa shape index (κ1) is 8.96. The van der Waals surface area contributed by atoms with E-state index in [0.29, 0.717) is 5.69 Å². The average molecular weight is 196 g/mol. The summed E-state index contributed by atoms with van der Waals surface area (Å²) >= 11 is 0. The monoisotopic (exact) mass is 196 g/mol. The summed E-state index contributed by atoms with van der Waals surface area (Å²) in [5.41, 5.74) is 5.77. The summed E-state index contributed by atoms with van der Waals surface area (Å²) < 4.78 is 18.3. The molecule has 1 aliphatic rings. The number of ether oxygens (including phenoxy) is 1. The number of nitrogens with one attached hydrogen (secondary N) is 1. The maximum atomic E-state index is 13.2. The van der Waals surface area contributed by atoms with E-state index < -0.39 is 11.9 Å². The van der Waals surface area contributed by atoms with Gasteiger partial charge < -0.3 is 15.8 Å². The Bertz CT molecular complexity index is 381. The lowest BCUT2D eigenvalue weighted by Gasteiger charge is -2.06. The van der Waals surface area contributed by atoms with Crippen LogP contribution < -0.4 is 15.8 Å². The number of fused-ring (bicyclic) bond motifs is 1. The number of nitrogens with two attached hydrogens (primary N) is 1. The molecule has 1 aliphatic heterocycles. The lowest BCUT2D eigenvalue weighted by molar-refractivity contribution is -0.117. The van der Waals surface area contributed by atoms with Crippen LogP contribution in [0.15, 0.2) is 18.2 Å². The smallest absolute Gasteiger partial charge is 0.244 e. The fraction of sp³-hybridized carbons (Fsp3) is 0.222. The molecule has 2 rings (SSSR count). The van der Waals surface area contributed by atoms with Crippen molar-refractivity contribution in [2.75, 3.05) is 11.9 Å². The minimum atomic E-state index is -0.762. The first-order valence-electron chi connectivity index (χ1n) is 4.16. The highest BCUT2D eigenvalue weighted by Crippen LogP contribution is 2.29. The zero-order valence-corrected chi connectivity index (χ0v) is 7.29. The van der Waals surface area contributed by atoms with Crippen LogP contribution in [0.4, 0.5) is 10.1 Å². The number of amides is 1. The zero-order valence-electron chi connectivity index (χ0n) is 7.29. The summed E-state index contributed by atoms with van der Waals surface area (Å²) in [6, 6.07) is 3.56. The van der Waals surface area contributed by atoms with E-state index in [1.807, 2.05) is 0 Å². The third kappa shape index (κ3) is 1.42. The van der Waals surface area contributed by atoms with E-state index in [9.17, 15) is 9.18 Å². The zero-order chi connectivity index (χ0) is 10.1. The molecule has 0 spiro atoms. The van der Waals surface area contributed by atoms with Crippen LogP contribution in [-0.4, -0.2) is 18.6 Å². The van der Waals surface area contributed by atoms with Gasteiger partial charge in [0.25, 0.3) is 0 Å². The van der Waals surface area contributed by atoms with E-state index in [2.05, 4.69) is 5.32 Å². The minimum Gasteiger partial charge on any atom is -0.486 e. The maximum Gasteiger partial charge on any atom is 0.244 e. The average Bonchev–Trinajstić information content (AvgIpc) is 2.29. The lowest BCUT2D eigenvalue weighted by Crippen LogP contribution is -2.38. The van der Waals surface area contributed by atoms with Crippen molar-refractivity contribution in [1.82, 2.24) is 0 Å². The van der Waals surface area contributed by atoms with Crippen molar-refractivity contribution in [3.63, 3.8) is 0 Å². The van der Waals surface area contributed by atoms with Gasteiger partial charge in [-0.3, -0.25) is 4.79 Å². The number of carbonyl (C=O) groups excluding carboxylic acids is 1. The van der Waals surface area contributed by atoms with Crippen molar-refractivity contribution in [2.24, 2.45) is 5.73 Å². The Balaban J connectivity index is 2.42. The number of rotatable bonds is 0. The molecule has 0 saturated heterocycles. The van der Waals surface area contributed by atoms with Crippen molar-refractivity contribution in [2.45, 2.75) is 6.04 Å². The predicted octanol–water partition coefficient (Wildman–Crippen LogP) is 0.484. The molecule has 0 bridgehead atoms. The van der Waals surface area contributed by atoms with E-state index in [1.165, 1.54) is 12.1 Å². The van der Waals surface area contributed by atoms with E-state index >= 15 is 0 Å². The first-order chi connectivity index (χ1) is 6.68. The van der Waals surface area contributed by atoms with Gasteiger partial charge in [0.1, 0.15) is 12.6 Å². The third-order valence-corrected chi connectivity index (χ3v) is 1.97. The van der Waals surface area contributed by atoms with Crippen LogP contribution in [0, 0.1) is 5.82 Å². The molecule has 1 atom stereocenters. The molecular formula is C9H9FN2O2. The van der Waals surface area contributed by atoms with Crippen molar-refractivity contribution < 1.29 is 13.9 Å². The topological polar surface area (TPSA) is 64.3 Å². The van der Waals surface area contributed by atoms with Crippen LogP contribution in [0.1, 0.15) is 0 Å². The number of hydrogen-bond donors (Lipinski definition) is 2. The highest BCUT2D eigenvalue weighted by atomic mass is 19.1. The van der Waals surface area contributed by atoms with E-state index in [4.69, 9.17) is 10.5 Å². The summed E-state index contributed by atoms with van der Waals surface area (Å²) in [4.78, 5) is 11.2. The molecule has 5 heteroatoms. The van der Waals surface area contributed by atoms with Gasteiger partial charge in [-0.25, -0.2) is 4.39 Å². The van der Waals surface area contributed by atoms with Crippen molar-refractivity contribution in [3.05, 3.63) is 24.0 Å².